The number of nitrogens with one attached hydrogen (secondary N) is 2. The van der Waals surface area contributed by atoms with Gasteiger partial charge in [0.25, 0.3) is 0 Å². The maximum Gasteiger partial charge on any atom is 0.241 e. The number of carbonyl (C=O) groups is 1. The second kappa shape index (κ2) is 25.3. The quantitative estimate of drug-likeness (QED) is 0.171. The Balaban J connectivity index is 1.11. The summed E-state index contributed by atoms with van der Waals surface area (Å²) >= 11 is 0. The van der Waals surface area contributed by atoms with Crippen molar-refractivity contribution in [2.45, 2.75) is 62.4 Å². The van der Waals surface area contributed by atoms with E-state index in [1.165, 1.54) is 12.1 Å². The Bertz CT molecular complexity index is 1990. The molecule has 0 spiro atoms. The third-order valence-electron chi connectivity index (χ3n) is 10.6. The summed E-state index contributed by atoms with van der Waals surface area (Å²) in [7, 11) is -3.98. The van der Waals surface area contributed by atoms with Gasteiger partial charge in [0.2, 0.25) is 15.9 Å². The van der Waals surface area contributed by atoms with Crippen molar-refractivity contribution in [1.29, 1.82) is 0 Å². The van der Waals surface area contributed by atoms with E-state index in [4.69, 9.17) is 33.2 Å². The minimum absolute atomic E-state index is 0.0462. The van der Waals surface area contributed by atoms with E-state index in [1.807, 2.05) is 85.8 Å². The second-order valence-electron chi connectivity index (χ2n) is 15.3. The first kappa shape index (κ1) is 47.4. The van der Waals surface area contributed by atoms with Crippen LogP contribution in [0.15, 0.2) is 108 Å². The summed E-state index contributed by atoms with van der Waals surface area (Å²) in [6.07, 6.45) is -0.376. The van der Waals surface area contributed by atoms with Gasteiger partial charge in [-0.25, -0.2) is 8.42 Å². The highest BCUT2D eigenvalue weighted by molar-refractivity contribution is 7.89. The molecule has 4 aromatic carbocycles. The average Bonchev–Trinajstić information content (AvgIpc) is 3.29. The molecule has 1 unspecified atom stereocenters. The molecule has 4 aromatic rings. The van der Waals surface area contributed by atoms with Gasteiger partial charge in [0, 0.05) is 38.2 Å². The molecule has 1 amide bonds. The third kappa shape index (κ3) is 15.6. The summed E-state index contributed by atoms with van der Waals surface area (Å²) in [5.74, 6) is -0.442. The minimum Gasteiger partial charge on any atom is -0.392 e. The molecule has 3 N–H and O–H groups in total. The predicted octanol–water partition coefficient (Wildman–Crippen LogP) is 4.64. The molecule has 2 saturated heterocycles. The summed E-state index contributed by atoms with van der Waals surface area (Å²) in [4.78, 5) is 16.0. The maximum atomic E-state index is 13.7. The van der Waals surface area contributed by atoms with E-state index >= 15 is 0 Å². The largest absolute Gasteiger partial charge is 0.392 e. The minimum atomic E-state index is -3.98. The number of hydrogen-bond donors (Lipinski definition) is 3. The van der Waals surface area contributed by atoms with E-state index in [9.17, 15) is 18.3 Å². The standard InChI is InChI=1S/C47H61N3O11S/c1-36-7-17-43(18-8-36)62(53,54)49-44(31-37-5-3-2-4-6-37)46(52)48-33-38-9-15-41(16-10-38)47-60-42(32-45(61-47)40-13-11-39(35-51)12-14-40)34-50-19-21-55-23-25-57-27-29-59-30-28-58-26-24-56-22-20-50/h2-18,42,44-45,47,49,51H,19-35H2,1H3,(H,48,52)/t42-,44+,45+,47?/m0/s1. The fourth-order valence-electron chi connectivity index (χ4n) is 7.10. The van der Waals surface area contributed by atoms with Gasteiger partial charge in [-0.2, -0.15) is 4.72 Å². The molecule has 0 aromatic heterocycles. The van der Waals surface area contributed by atoms with E-state index in [0.717, 1.165) is 33.4 Å². The monoisotopic (exact) mass is 875 g/mol. The lowest BCUT2D eigenvalue weighted by molar-refractivity contribution is -0.253. The number of benzene rings is 4. The van der Waals surface area contributed by atoms with E-state index < -0.39 is 28.3 Å². The smallest absolute Gasteiger partial charge is 0.241 e. The number of hydrogen-bond acceptors (Lipinski definition) is 12. The van der Waals surface area contributed by atoms with Crippen LogP contribution in [-0.4, -0.2) is 122 Å². The summed E-state index contributed by atoms with van der Waals surface area (Å²) in [5.41, 5.74) is 5.19. The topological polar surface area (TPSA) is 163 Å². The number of sulfonamides is 1. The average molecular weight is 876 g/mol. The van der Waals surface area contributed by atoms with Crippen LogP contribution in [0.1, 0.15) is 52.2 Å². The summed E-state index contributed by atoms with van der Waals surface area (Å²) < 4.78 is 71.3. The Morgan fingerprint density at radius 3 is 1.81 bits per heavy atom. The van der Waals surface area contributed by atoms with Gasteiger partial charge in [-0.3, -0.25) is 9.69 Å². The molecule has 15 heteroatoms. The lowest BCUT2D eigenvalue weighted by Gasteiger charge is -2.38. The molecular weight excluding hydrogens is 815 g/mol. The Hall–Kier alpha value is -4.10. The van der Waals surface area contributed by atoms with Crippen molar-refractivity contribution in [1.82, 2.24) is 14.9 Å². The van der Waals surface area contributed by atoms with Crippen molar-refractivity contribution in [3.8, 4) is 0 Å². The molecule has 6 rings (SSSR count). The molecule has 4 atom stereocenters. The van der Waals surface area contributed by atoms with Crippen LogP contribution in [0.5, 0.6) is 0 Å². The van der Waals surface area contributed by atoms with E-state index in [0.29, 0.717) is 92.1 Å². The van der Waals surface area contributed by atoms with Crippen LogP contribution < -0.4 is 10.0 Å². The zero-order chi connectivity index (χ0) is 43.4. The zero-order valence-corrected chi connectivity index (χ0v) is 36.3. The number of aryl methyl sites for hydroxylation is 1. The summed E-state index contributed by atoms with van der Waals surface area (Å²) in [6.45, 7) is 8.96. The number of carbonyl (C=O) groups excluding carboxylic acids is 1. The molecule has 2 aliphatic rings. The fourth-order valence-corrected chi connectivity index (χ4v) is 8.30. The fraction of sp³-hybridized carbons (Fsp3) is 0.468. The molecule has 0 saturated carbocycles. The van der Waals surface area contributed by atoms with E-state index in [2.05, 4.69) is 14.9 Å². The highest BCUT2D eigenvalue weighted by Gasteiger charge is 2.33. The first-order chi connectivity index (χ1) is 30.3. The normalized spacial score (nSPS) is 21.3. The van der Waals surface area contributed by atoms with Crippen molar-refractivity contribution in [3.63, 3.8) is 0 Å². The number of nitrogens with zero attached hydrogens (tertiary/aromatic N) is 1. The Morgan fingerprint density at radius 1 is 0.677 bits per heavy atom. The van der Waals surface area contributed by atoms with Crippen LogP contribution in [-0.2, 0) is 67.5 Å². The van der Waals surface area contributed by atoms with Crippen molar-refractivity contribution >= 4 is 15.9 Å². The van der Waals surface area contributed by atoms with Gasteiger partial charge in [0.1, 0.15) is 6.04 Å². The van der Waals surface area contributed by atoms with Crippen LogP contribution in [0.2, 0.25) is 0 Å². The van der Waals surface area contributed by atoms with Gasteiger partial charge < -0.3 is 43.6 Å². The van der Waals surface area contributed by atoms with Crippen molar-refractivity contribution in [2.75, 3.05) is 85.7 Å². The molecule has 2 fully saturated rings. The van der Waals surface area contributed by atoms with Crippen LogP contribution in [0, 0.1) is 6.92 Å². The Labute approximate surface area is 365 Å². The van der Waals surface area contributed by atoms with Crippen LogP contribution in [0.3, 0.4) is 0 Å². The molecule has 0 aliphatic carbocycles. The van der Waals surface area contributed by atoms with Crippen molar-refractivity contribution in [2.24, 2.45) is 0 Å². The maximum absolute atomic E-state index is 13.7. The molecule has 14 nitrogen and oxygen atoms in total. The van der Waals surface area contributed by atoms with Crippen LogP contribution in [0.25, 0.3) is 0 Å². The van der Waals surface area contributed by atoms with Gasteiger partial charge in [-0.15, -0.1) is 0 Å². The Morgan fingerprint density at radius 2 is 1.23 bits per heavy atom. The first-order valence-corrected chi connectivity index (χ1v) is 22.9. The molecule has 0 radical (unpaired) electrons. The zero-order valence-electron chi connectivity index (χ0n) is 35.5. The van der Waals surface area contributed by atoms with Crippen molar-refractivity contribution < 1.29 is 51.5 Å². The molecule has 2 heterocycles. The molecule has 0 bridgehead atoms. The third-order valence-corrected chi connectivity index (χ3v) is 12.1. The molecule has 62 heavy (non-hydrogen) atoms. The van der Waals surface area contributed by atoms with Gasteiger partial charge in [0.15, 0.2) is 6.29 Å². The lowest BCUT2D eigenvalue weighted by Crippen LogP contribution is -2.47. The number of ether oxygens (including phenoxy) is 7. The number of aliphatic hydroxyl groups is 1. The van der Waals surface area contributed by atoms with Crippen LogP contribution >= 0.6 is 0 Å². The van der Waals surface area contributed by atoms with Gasteiger partial charge in [-0.1, -0.05) is 96.6 Å². The van der Waals surface area contributed by atoms with Crippen LogP contribution in [0.4, 0.5) is 0 Å². The highest BCUT2D eigenvalue weighted by Crippen LogP contribution is 2.38. The molecular formula is C47H61N3O11S. The summed E-state index contributed by atoms with van der Waals surface area (Å²) in [6, 6.07) is 30.3. The number of aliphatic hydroxyl groups excluding tert-OH is 1. The lowest BCUT2D eigenvalue weighted by atomic mass is 9.99. The molecule has 336 valence electrons. The highest BCUT2D eigenvalue weighted by atomic mass is 32.2. The summed E-state index contributed by atoms with van der Waals surface area (Å²) in [5, 5.41) is 12.6. The van der Waals surface area contributed by atoms with Gasteiger partial charge in [0.05, 0.1) is 89.8 Å². The predicted molar refractivity (Wildman–Crippen MR) is 233 cm³/mol. The van der Waals surface area contributed by atoms with E-state index in [1.54, 1.807) is 12.1 Å². The van der Waals surface area contributed by atoms with E-state index in [-0.39, 0.29) is 36.7 Å². The number of amides is 1. The van der Waals surface area contributed by atoms with Gasteiger partial charge >= 0.3 is 0 Å². The van der Waals surface area contributed by atoms with Gasteiger partial charge in [-0.05, 0) is 47.7 Å². The molecule has 2 aliphatic heterocycles. The SMILES string of the molecule is Cc1ccc(S(=O)(=O)N[C@H](Cc2ccccc2)C(=O)NCc2ccc(C3O[C@H](CN4CCOCCOCCOCCOCCOCC4)C[C@H](c4ccc(CO)cc4)O3)cc2)cc1. The first-order valence-electron chi connectivity index (χ1n) is 21.4. The Kier molecular flexibility index (Phi) is 19.3. The van der Waals surface area contributed by atoms with Crippen molar-refractivity contribution in [3.05, 3.63) is 137 Å². The second-order valence-corrected chi connectivity index (χ2v) is 17.1. The number of rotatable bonds is 13.